The lowest BCUT2D eigenvalue weighted by atomic mass is 9.76. The van der Waals surface area contributed by atoms with Crippen LogP contribution in [-0.2, 0) is 0 Å². The van der Waals surface area contributed by atoms with Crippen LogP contribution >= 0.6 is 0 Å². The van der Waals surface area contributed by atoms with Crippen molar-refractivity contribution in [1.29, 1.82) is 0 Å². The van der Waals surface area contributed by atoms with Crippen LogP contribution < -0.4 is 0 Å². The number of hydrogen-bond acceptors (Lipinski definition) is 0. The Bertz CT molecular complexity index is 194. The van der Waals surface area contributed by atoms with Crippen LogP contribution in [0.25, 0.3) is 0 Å². The van der Waals surface area contributed by atoms with Crippen molar-refractivity contribution in [2.45, 2.75) is 79.6 Å². The lowest BCUT2D eigenvalue weighted by Crippen LogP contribution is -2.20. The first-order valence-corrected chi connectivity index (χ1v) is 8.04. The van der Waals surface area contributed by atoms with Gasteiger partial charge in [0.1, 0.15) is 0 Å². The smallest absolute Gasteiger partial charge is 0.0386 e. The molecule has 0 heteroatoms. The molecule has 0 bridgehead atoms. The van der Waals surface area contributed by atoms with E-state index in [1.807, 2.05) is 0 Å². The Labute approximate surface area is 110 Å². The molecule has 0 N–H and O–H groups in total. The average molecular weight is 238 g/mol. The largest absolute Gasteiger partial charge is 0.0651 e. The zero-order valence-electron chi connectivity index (χ0n) is 12.8. The molecule has 4 unspecified atom stereocenters. The van der Waals surface area contributed by atoms with Crippen molar-refractivity contribution in [2.75, 3.05) is 0 Å². The maximum Gasteiger partial charge on any atom is -0.0386 e. The molecule has 0 aromatic carbocycles. The van der Waals surface area contributed by atoms with E-state index >= 15 is 0 Å². The van der Waals surface area contributed by atoms with Crippen LogP contribution in [0.15, 0.2) is 0 Å². The first-order chi connectivity index (χ1) is 8.04. The molecule has 0 saturated heterocycles. The highest BCUT2D eigenvalue weighted by Crippen LogP contribution is 2.36. The summed E-state index contributed by atoms with van der Waals surface area (Å²) >= 11 is 0. The van der Waals surface area contributed by atoms with Crippen molar-refractivity contribution in [3.05, 3.63) is 0 Å². The summed E-state index contributed by atoms with van der Waals surface area (Å²) in [4.78, 5) is 0. The monoisotopic (exact) mass is 238 g/mol. The molecule has 1 rings (SSSR count). The van der Waals surface area contributed by atoms with Gasteiger partial charge < -0.3 is 0 Å². The van der Waals surface area contributed by atoms with Gasteiger partial charge in [-0.05, 0) is 42.4 Å². The molecule has 0 aromatic rings. The van der Waals surface area contributed by atoms with Crippen molar-refractivity contribution in [1.82, 2.24) is 0 Å². The quantitative estimate of drug-likeness (QED) is 0.522. The minimum Gasteiger partial charge on any atom is -0.0651 e. The fourth-order valence-corrected chi connectivity index (χ4v) is 3.67. The molecule has 0 aliphatic heterocycles. The highest BCUT2D eigenvalue weighted by Gasteiger charge is 2.24. The van der Waals surface area contributed by atoms with E-state index in [0.717, 1.165) is 29.6 Å². The minimum atomic E-state index is 0.850. The van der Waals surface area contributed by atoms with E-state index in [4.69, 9.17) is 0 Å². The zero-order chi connectivity index (χ0) is 12.8. The SMILES string of the molecule is CCC(CC1CCCCC(C)C1)C(C)C(C)C. The van der Waals surface area contributed by atoms with Crippen molar-refractivity contribution in [3.8, 4) is 0 Å². The summed E-state index contributed by atoms with van der Waals surface area (Å²) in [5.41, 5.74) is 0. The minimum absolute atomic E-state index is 0.850. The van der Waals surface area contributed by atoms with Gasteiger partial charge in [-0.15, -0.1) is 0 Å². The predicted octanol–water partition coefficient (Wildman–Crippen LogP) is 5.91. The van der Waals surface area contributed by atoms with Crippen LogP contribution in [0, 0.1) is 29.6 Å². The van der Waals surface area contributed by atoms with Crippen LogP contribution in [-0.4, -0.2) is 0 Å². The van der Waals surface area contributed by atoms with Crippen LogP contribution in [0.3, 0.4) is 0 Å². The lowest BCUT2D eigenvalue weighted by molar-refractivity contribution is 0.207. The van der Waals surface area contributed by atoms with E-state index in [-0.39, 0.29) is 0 Å². The molecule has 17 heavy (non-hydrogen) atoms. The lowest BCUT2D eigenvalue weighted by Gasteiger charge is -2.30. The van der Waals surface area contributed by atoms with Crippen molar-refractivity contribution >= 4 is 0 Å². The molecule has 0 amide bonds. The Morgan fingerprint density at radius 3 is 2.29 bits per heavy atom. The summed E-state index contributed by atoms with van der Waals surface area (Å²) in [7, 11) is 0. The Hall–Kier alpha value is 0. The Morgan fingerprint density at radius 2 is 1.71 bits per heavy atom. The average Bonchev–Trinajstić information content (AvgIpc) is 2.49. The molecule has 102 valence electrons. The predicted molar refractivity (Wildman–Crippen MR) is 78.1 cm³/mol. The summed E-state index contributed by atoms with van der Waals surface area (Å²) < 4.78 is 0. The van der Waals surface area contributed by atoms with E-state index < -0.39 is 0 Å². The summed E-state index contributed by atoms with van der Waals surface area (Å²) in [6, 6.07) is 0. The summed E-state index contributed by atoms with van der Waals surface area (Å²) in [6.45, 7) is 12.1. The van der Waals surface area contributed by atoms with Gasteiger partial charge in [-0.1, -0.05) is 66.7 Å². The summed E-state index contributed by atoms with van der Waals surface area (Å²) in [6.07, 6.45) is 10.3. The van der Waals surface area contributed by atoms with E-state index in [1.165, 1.54) is 44.9 Å². The fourth-order valence-electron chi connectivity index (χ4n) is 3.67. The van der Waals surface area contributed by atoms with Crippen LogP contribution in [0.2, 0.25) is 0 Å². The molecule has 4 atom stereocenters. The molecule has 1 aliphatic rings. The second-order valence-corrected chi connectivity index (χ2v) is 7.00. The molecule has 0 nitrogen and oxygen atoms in total. The van der Waals surface area contributed by atoms with Crippen molar-refractivity contribution < 1.29 is 0 Å². The molecule has 0 aromatic heterocycles. The van der Waals surface area contributed by atoms with E-state index in [1.54, 1.807) is 0 Å². The summed E-state index contributed by atoms with van der Waals surface area (Å²) in [5.74, 6) is 4.72. The third-order valence-corrected chi connectivity index (χ3v) is 5.25. The molecular formula is C17H34. The van der Waals surface area contributed by atoms with Gasteiger partial charge in [-0.25, -0.2) is 0 Å². The van der Waals surface area contributed by atoms with E-state index in [0.29, 0.717) is 0 Å². The second kappa shape index (κ2) is 7.44. The zero-order valence-corrected chi connectivity index (χ0v) is 12.8. The Balaban J connectivity index is 2.48. The van der Waals surface area contributed by atoms with Gasteiger partial charge >= 0.3 is 0 Å². The summed E-state index contributed by atoms with van der Waals surface area (Å²) in [5, 5.41) is 0. The van der Waals surface area contributed by atoms with Crippen molar-refractivity contribution in [2.24, 2.45) is 29.6 Å². The molecule has 0 heterocycles. The topological polar surface area (TPSA) is 0 Å². The highest BCUT2D eigenvalue weighted by molar-refractivity contribution is 4.75. The normalized spacial score (nSPS) is 30.0. The van der Waals surface area contributed by atoms with Crippen LogP contribution in [0.1, 0.15) is 79.6 Å². The third-order valence-electron chi connectivity index (χ3n) is 5.25. The highest BCUT2D eigenvalue weighted by atomic mass is 14.3. The second-order valence-electron chi connectivity index (χ2n) is 7.00. The first kappa shape index (κ1) is 15.1. The number of rotatable bonds is 5. The van der Waals surface area contributed by atoms with E-state index in [2.05, 4.69) is 34.6 Å². The van der Waals surface area contributed by atoms with E-state index in [9.17, 15) is 0 Å². The van der Waals surface area contributed by atoms with Crippen molar-refractivity contribution in [3.63, 3.8) is 0 Å². The molecular weight excluding hydrogens is 204 g/mol. The van der Waals surface area contributed by atoms with Gasteiger partial charge in [-0.3, -0.25) is 0 Å². The molecule has 1 aliphatic carbocycles. The van der Waals surface area contributed by atoms with Gasteiger partial charge in [0.05, 0.1) is 0 Å². The molecule has 0 spiro atoms. The standard InChI is InChI=1S/C17H34/c1-6-17(15(5)13(2)3)12-16-10-8-7-9-14(4)11-16/h13-17H,6-12H2,1-5H3. The molecule has 1 fully saturated rings. The van der Waals surface area contributed by atoms with Gasteiger partial charge in [0.15, 0.2) is 0 Å². The van der Waals surface area contributed by atoms with Gasteiger partial charge in [-0.2, -0.15) is 0 Å². The fraction of sp³-hybridized carbons (Fsp3) is 1.00. The van der Waals surface area contributed by atoms with Crippen LogP contribution in [0.4, 0.5) is 0 Å². The molecule has 1 saturated carbocycles. The Morgan fingerprint density at radius 1 is 1.06 bits per heavy atom. The van der Waals surface area contributed by atoms with Gasteiger partial charge in [0.2, 0.25) is 0 Å². The van der Waals surface area contributed by atoms with Gasteiger partial charge in [0.25, 0.3) is 0 Å². The number of hydrogen-bond donors (Lipinski definition) is 0. The molecule has 0 radical (unpaired) electrons. The Kier molecular flexibility index (Phi) is 6.59. The third kappa shape index (κ3) is 5.02. The first-order valence-electron chi connectivity index (χ1n) is 8.04. The van der Waals surface area contributed by atoms with Gasteiger partial charge in [0, 0.05) is 0 Å². The van der Waals surface area contributed by atoms with Crippen LogP contribution in [0.5, 0.6) is 0 Å². The maximum atomic E-state index is 2.47. The maximum absolute atomic E-state index is 2.47.